The Morgan fingerprint density at radius 1 is 1.06 bits per heavy atom. The largest absolute Gasteiger partial charge is 0.508 e. The molecule has 9 nitrogen and oxygen atoms in total. The molecule has 4 aliphatic heterocycles. The van der Waals surface area contributed by atoms with Gasteiger partial charge in [0.25, 0.3) is 0 Å². The van der Waals surface area contributed by atoms with Gasteiger partial charge in [-0.1, -0.05) is 13.0 Å². The van der Waals surface area contributed by atoms with Crippen LogP contribution in [0.2, 0.25) is 0 Å². The molecule has 47 heavy (non-hydrogen) atoms. The Bertz CT molecular complexity index is 1890. The van der Waals surface area contributed by atoms with Crippen LogP contribution < -0.4 is 14.4 Å². The van der Waals surface area contributed by atoms with Crippen molar-refractivity contribution >= 4 is 27.5 Å². The van der Waals surface area contributed by atoms with Crippen molar-refractivity contribution in [1.82, 2.24) is 19.9 Å². The lowest BCUT2D eigenvalue weighted by Crippen LogP contribution is -2.54. The van der Waals surface area contributed by atoms with Crippen LogP contribution in [0.5, 0.6) is 17.6 Å². The minimum absolute atomic E-state index is 0.0293. The Morgan fingerprint density at radius 3 is 2.74 bits per heavy atom. The molecule has 2 aromatic heterocycles. The first-order valence-electron chi connectivity index (χ1n) is 16.5. The molecule has 4 aromatic rings. The van der Waals surface area contributed by atoms with Crippen LogP contribution in [-0.2, 0) is 11.2 Å². The Labute approximate surface area is 270 Å². The summed E-state index contributed by atoms with van der Waals surface area (Å²) in [5.41, 5.74) is -0.479. The monoisotopic (exact) mass is 649 g/mol. The quantitative estimate of drug-likeness (QED) is 0.275. The predicted molar refractivity (Wildman–Crippen MR) is 171 cm³/mol. The average Bonchev–Trinajstić information content (AvgIpc) is 3.59. The fourth-order valence-electron chi connectivity index (χ4n) is 8.40. The van der Waals surface area contributed by atoms with Gasteiger partial charge >= 0.3 is 6.01 Å². The van der Waals surface area contributed by atoms with Gasteiger partial charge in [0.15, 0.2) is 5.82 Å². The molecule has 0 amide bonds. The zero-order valence-corrected chi connectivity index (χ0v) is 26.6. The van der Waals surface area contributed by atoms with Crippen molar-refractivity contribution in [2.75, 3.05) is 51.5 Å². The molecule has 0 radical (unpaired) electrons. The summed E-state index contributed by atoms with van der Waals surface area (Å²) in [6.07, 6.45) is 3.83. The first-order valence-corrected chi connectivity index (χ1v) is 16.5. The topological polar surface area (TPSA) is 93.1 Å². The van der Waals surface area contributed by atoms with Crippen LogP contribution in [0.25, 0.3) is 32.9 Å². The number of benzene rings is 2. The Hall–Kier alpha value is -3.90. The van der Waals surface area contributed by atoms with E-state index in [-0.39, 0.29) is 47.6 Å². The second-order valence-electron chi connectivity index (χ2n) is 13.5. The van der Waals surface area contributed by atoms with E-state index in [9.17, 15) is 9.50 Å². The SMILES string of the molecule is CCc1c(F)ccc2cc(O)cc(-c3nc4c5c(nc(OC[C@@]67CCCN6C[C@H](F)C7)nc5c3F)N(C)C3(CCCOC3)CCO4)c12. The number of hydrogen-bond donors (Lipinski definition) is 1. The first-order chi connectivity index (χ1) is 22.7. The number of rotatable bonds is 5. The first kappa shape index (κ1) is 30.4. The zero-order chi connectivity index (χ0) is 32.5. The van der Waals surface area contributed by atoms with E-state index in [1.807, 2.05) is 18.9 Å². The number of fused-ring (bicyclic) bond motifs is 2. The zero-order valence-electron chi connectivity index (χ0n) is 26.6. The molecule has 8 rings (SSSR count). The third kappa shape index (κ3) is 4.85. The number of hydrogen-bond acceptors (Lipinski definition) is 9. The van der Waals surface area contributed by atoms with Crippen molar-refractivity contribution in [3.8, 4) is 28.9 Å². The highest BCUT2D eigenvalue weighted by Gasteiger charge is 2.49. The van der Waals surface area contributed by atoms with Gasteiger partial charge in [-0.3, -0.25) is 4.90 Å². The van der Waals surface area contributed by atoms with Gasteiger partial charge in [0, 0.05) is 38.6 Å². The highest BCUT2D eigenvalue weighted by atomic mass is 19.1. The van der Waals surface area contributed by atoms with Crippen LogP contribution >= 0.6 is 0 Å². The van der Waals surface area contributed by atoms with Crippen LogP contribution in [0.15, 0.2) is 24.3 Å². The summed E-state index contributed by atoms with van der Waals surface area (Å²) in [6.45, 7) is 4.58. The molecular weight excluding hydrogens is 611 g/mol. The number of ether oxygens (including phenoxy) is 3. The fraction of sp³-hybridized carbons (Fsp3) is 0.514. The molecular formula is C35H38F3N5O4. The van der Waals surface area contributed by atoms with Crippen LogP contribution in [0, 0.1) is 11.6 Å². The number of halogens is 3. The van der Waals surface area contributed by atoms with E-state index in [4.69, 9.17) is 24.2 Å². The lowest BCUT2D eigenvalue weighted by molar-refractivity contribution is 0.0255. The van der Waals surface area contributed by atoms with E-state index in [0.717, 1.165) is 32.2 Å². The molecule has 12 heteroatoms. The lowest BCUT2D eigenvalue weighted by Gasteiger charge is -2.46. The molecule has 4 aliphatic rings. The number of pyridine rings is 1. The van der Waals surface area contributed by atoms with Gasteiger partial charge in [0.1, 0.15) is 46.8 Å². The van der Waals surface area contributed by atoms with Crippen LogP contribution in [0.3, 0.4) is 0 Å². The van der Waals surface area contributed by atoms with Gasteiger partial charge in [-0.25, -0.2) is 18.2 Å². The van der Waals surface area contributed by atoms with Crippen molar-refractivity contribution in [3.63, 3.8) is 0 Å². The van der Waals surface area contributed by atoms with E-state index in [2.05, 4.69) is 9.88 Å². The normalized spacial score (nSPS) is 26.1. The van der Waals surface area contributed by atoms with Gasteiger partial charge in [0.05, 0.1) is 24.3 Å². The number of nitrogens with zero attached hydrogens (tertiary/aromatic N) is 5. The molecule has 3 fully saturated rings. The van der Waals surface area contributed by atoms with E-state index < -0.39 is 28.9 Å². The van der Waals surface area contributed by atoms with Crippen molar-refractivity contribution in [3.05, 3.63) is 41.5 Å². The number of phenols is 1. The molecule has 0 aliphatic carbocycles. The smallest absolute Gasteiger partial charge is 0.319 e. The summed E-state index contributed by atoms with van der Waals surface area (Å²) in [5, 5.41) is 12.0. The van der Waals surface area contributed by atoms with E-state index in [1.165, 1.54) is 18.2 Å². The summed E-state index contributed by atoms with van der Waals surface area (Å²) in [4.78, 5) is 18.3. The number of aryl methyl sites for hydroxylation is 1. The molecule has 1 spiro atoms. The maximum Gasteiger partial charge on any atom is 0.319 e. The van der Waals surface area contributed by atoms with Crippen molar-refractivity contribution in [2.24, 2.45) is 0 Å². The number of aromatic nitrogens is 3. The number of phenolic OH excluding ortho intramolecular Hbond substituents is 1. The highest BCUT2D eigenvalue weighted by Crippen LogP contribution is 2.46. The third-order valence-electron chi connectivity index (χ3n) is 10.8. The van der Waals surface area contributed by atoms with E-state index >= 15 is 8.78 Å². The number of anilines is 1. The molecule has 3 atom stereocenters. The molecule has 6 heterocycles. The summed E-state index contributed by atoms with van der Waals surface area (Å²) < 4.78 is 65.3. The van der Waals surface area contributed by atoms with Crippen molar-refractivity contribution in [2.45, 2.75) is 69.1 Å². The molecule has 0 bridgehead atoms. The van der Waals surface area contributed by atoms with Crippen LogP contribution in [-0.4, -0.2) is 88.8 Å². The van der Waals surface area contributed by atoms with Crippen LogP contribution in [0.1, 0.15) is 51.0 Å². The molecule has 3 saturated heterocycles. The Kier molecular flexibility index (Phi) is 7.36. The number of alkyl halides is 1. The maximum absolute atomic E-state index is 17.1. The molecule has 0 saturated carbocycles. The Balaban J connectivity index is 1.34. The number of likely N-dealkylation sites (N-methyl/N-ethyl adjacent to an activating group) is 1. The number of aromatic hydroxyl groups is 1. The van der Waals surface area contributed by atoms with Crippen molar-refractivity contribution in [1.29, 1.82) is 0 Å². The third-order valence-corrected chi connectivity index (χ3v) is 10.8. The second-order valence-corrected chi connectivity index (χ2v) is 13.5. The average molecular weight is 650 g/mol. The standard InChI is InChI=1S/C35H38F3N5O4/c1-3-23-25(37)7-6-20-14-22(44)15-24(26(20)23)29-28(38)30-27-31(42(2)34(9-5-12-45-18-34)10-13-46-32(27)39-29)41-33(40-30)47-19-35-8-4-11-43(35)17-21(36)16-35/h6-7,14-15,21,44H,3-5,8-13,16-19H2,1-2H3/t21-,34?,35+/m1/s1. The summed E-state index contributed by atoms with van der Waals surface area (Å²) in [7, 11) is 1.92. The molecule has 1 unspecified atom stereocenters. The summed E-state index contributed by atoms with van der Waals surface area (Å²) in [6, 6.07) is 5.80. The summed E-state index contributed by atoms with van der Waals surface area (Å²) in [5.74, 6) is -0.768. The fourth-order valence-corrected chi connectivity index (χ4v) is 8.40. The minimum atomic E-state index is -0.928. The predicted octanol–water partition coefficient (Wildman–Crippen LogP) is 6.11. The molecule has 1 N–H and O–H groups in total. The van der Waals surface area contributed by atoms with Gasteiger partial charge in [-0.15, -0.1) is 0 Å². The molecule has 248 valence electrons. The lowest BCUT2D eigenvalue weighted by atomic mass is 9.87. The molecule has 2 aromatic carbocycles. The minimum Gasteiger partial charge on any atom is -0.508 e. The van der Waals surface area contributed by atoms with Crippen LogP contribution in [0.4, 0.5) is 19.0 Å². The maximum atomic E-state index is 17.1. The second kappa shape index (κ2) is 11.4. The van der Waals surface area contributed by atoms with Gasteiger partial charge < -0.3 is 24.2 Å². The Morgan fingerprint density at radius 2 is 1.94 bits per heavy atom. The van der Waals surface area contributed by atoms with Gasteiger partial charge in [-0.2, -0.15) is 9.97 Å². The van der Waals surface area contributed by atoms with Crippen molar-refractivity contribution < 1.29 is 32.5 Å². The van der Waals surface area contributed by atoms with Gasteiger partial charge in [0.2, 0.25) is 5.88 Å². The van der Waals surface area contributed by atoms with Gasteiger partial charge in [-0.05, 0) is 73.2 Å². The van der Waals surface area contributed by atoms with E-state index in [1.54, 1.807) is 6.07 Å². The summed E-state index contributed by atoms with van der Waals surface area (Å²) >= 11 is 0. The van der Waals surface area contributed by atoms with E-state index in [0.29, 0.717) is 66.6 Å². The highest BCUT2D eigenvalue weighted by molar-refractivity contribution is 6.03.